The molecule has 2 nitrogen and oxygen atoms in total. The molecule has 1 N–H and O–H groups in total. The van der Waals surface area contributed by atoms with Crippen LogP contribution in [0.15, 0.2) is 0 Å². The number of alkyl halides is 2. The first-order valence-electron chi connectivity index (χ1n) is 2.92. The van der Waals surface area contributed by atoms with Gasteiger partial charge in [0, 0.05) is 5.69 Å². The van der Waals surface area contributed by atoms with Gasteiger partial charge in [-0.2, -0.15) is 5.10 Å². The van der Waals surface area contributed by atoms with Crippen LogP contribution in [-0.4, -0.2) is 10.2 Å². The van der Waals surface area contributed by atoms with Crippen molar-refractivity contribution in [3.63, 3.8) is 0 Å². The summed E-state index contributed by atoms with van der Waals surface area (Å²) in [6, 6.07) is 0. The van der Waals surface area contributed by atoms with E-state index in [1.54, 1.807) is 13.8 Å². The Morgan fingerprint density at radius 1 is 1.40 bits per heavy atom. The van der Waals surface area contributed by atoms with Crippen LogP contribution in [0.3, 0.4) is 0 Å². The number of halogens is 2. The second-order valence-corrected chi connectivity index (χ2v) is 2.16. The number of aryl methyl sites for hydroxylation is 1. The minimum atomic E-state index is -2.47. The molecular weight excluding hydrogens is 138 g/mol. The molecule has 10 heavy (non-hydrogen) atoms. The van der Waals surface area contributed by atoms with E-state index in [4.69, 9.17) is 0 Å². The molecule has 0 amide bonds. The van der Waals surface area contributed by atoms with E-state index in [0.717, 1.165) is 0 Å². The SMILES string of the molecule is Cc1[nH]nc(C(F)F)c1C. The molecule has 0 radical (unpaired) electrons. The summed E-state index contributed by atoms with van der Waals surface area (Å²) in [5.74, 6) is 0. The highest BCUT2D eigenvalue weighted by Crippen LogP contribution is 2.20. The van der Waals surface area contributed by atoms with E-state index < -0.39 is 6.43 Å². The zero-order chi connectivity index (χ0) is 7.72. The van der Waals surface area contributed by atoms with Crippen LogP contribution in [0.25, 0.3) is 0 Å². The number of nitrogens with one attached hydrogen (secondary N) is 1. The quantitative estimate of drug-likeness (QED) is 0.644. The summed E-state index contributed by atoms with van der Waals surface area (Å²) < 4.78 is 23.9. The maximum absolute atomic E-state index is 12.0. The molecule has 0 unspecified atom stereocenters. The van der Waals surface area contributed by atoms with Crippen molar-refractivity contribution in [1.82, 2.24) is 10.2 Å². The molecule has 1 heterocycles. The van der Waals surface area contributed by atoms with Crippen LogP contribution in [0.5, 0.6) is 0 Å². The van der Waals surface area contributed by atoms with Crippen LogP contribution in [0.1, 0.15) is 23.4 Å². The molecule has 0 aliphatic carbocycles. The van der Waals surface area contributed by atoms with Gasteiger partial charge in [-0.3, -0.25) is 5.10 Å². The van der Waals surface area contributed by atoms with Crippen LogP contribution < -0.4 is 0 Å². The largest absolute Gasteiger partial charge is 0.282 e. The normalized spacial score (nSPS) is 10.9. The molecule has 0 fully saturated rings. The van der Waals surface area contributed by atoms with Gasteiger partial charge in [0.05, 0.1) is 0 Å². The molecule has 0 saturated carbocycles. The van der Waals surface area contributed by atoms with Gasteiger partial charge in [0.25, 0.3) is 6.43 Å². The van der Waals surface area contributed by atoms with E-state index in [1.807, 2.05) is 0 Å². The molecule has 1 rings (SSSR count). The smallest absolute Gasteiger partial charge is 0.282 e. The highest BCUT2D eigenvalue weighted by molar-refractivity contribution is 5.22. The number of hydrogen-bond donors (Lipinski definition) is 1. The average Bonchev–Trinajstić information content (AvgIpc) is 2.14. The Morgan fingerprint density at radius 3 is 2.20 bits per heavy atom. The second kappa shape index (κ2) is 2.36. The fraction of sp³-hybridized carbons (Fsp3) is 0.500. The number of nitrogens with zero attached hydrogens (tertiary/aromatic N) is 1. The number of hydrogen-bond acceptors (Lipinski definition) is 1. The second-order valence-electron chi connectivity index (χ2n) is 2.16. The molecule has 0 aliphatic rings. The summed E-state index contributed by atoms with van der Waals surface area (Å²) >= 11 is 0. The first-order valence-corrected chi connectivity index (χ1v) is 2.92. The number of rotatable bonds is 1. The van der Waals surface area contributed by atoms with Crippen molar-refractivity contribution in [3.05, 3.63) is 17.0 Å². The Labute approximate surface area is 57.3 Å². The summed E-state index contributed by atoms with van der Waals surface area (Å²) in [4.78, 5) is 0. The van der Waals surface area contributed by atoms with Crippen LogP contribution in [-0.2, 0) is 0 Å². The summed E-state index contributed by atoms with van der Waals surface area (Å²) in [5.41, 5.74) is 1.11. The van der Waals surface area contributed by atoms with E-state index in [9.17, 15) is 8.78 Å². The minimum Gasteiger partial charge on any atom is -0.282 e. The highest BCUT2D eigenvalue weighted by Gasteiger charge is 2.14. The molecule has 4 heteroatoms. The third-order valence-corrected chi connectivity index (χ3v) is 1.50. The lowest BCUT2D eigenvalue weighted by molar-refractivity contribution is 0.145. The number of H-pyrrole nitrogens is 1. The minimum absolute atomic E-state index is 0.141. The van der Waals surface area contributed by atoms with Gasteiger partial charge >= 0.3 is 0 Å². The van der Waals surface area contributed by atoms with Crippen molar-refractivity contribution in [1.29, 1.82) is 0 Å². The zero-order valence-corrected chi connectivity index (χ0v) is 5.78. The van der Waals surface area contributed by atoms with Gasteiger partial charge in [0.1, 0.15) is 5.69 Å². The Hall–Kier alpha value is -0.930. The van der Waals surface area contributed by atoms with Gasteiger partial charge in [-0.1, -0.05) is 0 Å². The highest BCUT2D eigenvalue weighted by atomic mass is 19.3. The predicted molar refractivity (Wildman–Crippen MR) is 33.0 cm³/mol. The molecule has 0 spiro atoms. The Kier molecular flexibility index (Phi) is 1.70. The van der Waals surface area contributed by atoms with E-state index in [-0.39, 0.29) is 5.69 Å². The third kappa shape index (κ3) is 1.01. The maximum atomic E-state index is 12.0. The molecule has 0 bridgehead atoms. The Morgan fingerprint density at radius 2 is 2.00 bits per heavy atom. The van der Waals surface area contributed by atoms with E-state index in [1.165, 1.54) is 0 Å². The van der Waals surface area contributed by atoms with Crippen molar-refractivity contribution in [2.24, 2.45) is 0 Å². The molecule has 0 saturated heterocycles. The standard InChI is InChI=1S/C6H8F2N2/c1-3-4(2)9-10-5(3)6(7)8/h6H,1-2H3,(H,9,10). The maximum Gasteiger partial charge on any atom is 0.282 e. The van der Waals surface area contributed by atoms with Gasteiger partial charge < -0.3 is 0 Å². The molecule has 0 aromatic carbocycles. The molecule has 56 valence electrons. The van der Waals surface area contributed by atoms with E-state index in [2.05, 4.69) is 10.2 Å². The summed E-state index contributed by atoms with van der Waals surface area (Å²) in [6.07, 6.45) is -2.47. The molecule has 1 aromatic rings. The van der Waals surface area contributed by atoms with Crippen molar-refractivity contribution < 1.29 is 8.78 Å². The number of aromatic amines is 1. The van der Waals surface area contributed by atoms with Crippen molar-refractivity contribution in [2.45, 2.75) is 20.3 Å². The van der Waals surface area contributed by atoms with Crippen molar-refractivity contribution >= 4 is 0 Å². The summed E-state index contributed by atoms with van der Waals surface area (Å²) in [7, 11) is 0. The topological polar surface area (TPSA) is 28.7 Å². The van der Waals surface area contributed by atoms with Crippen LogP contribution >= 0.6 is 0 Å². The van der Waals surface area contributed by atoms with Crippen molar-refractivity contribution in [3.8, 4) is 0 Å². The fourth-order valence-corrected chi connectivity index (χ4v) is 0.716. The van der Waals surface area contributed by atoms with Gasteiger partial charge in [-0.15, -0.1) is 0 Å². The van der Waals surface area contributed by atoms with E-state index >= 15 is 0 Å². The van der Waals surface area contributed by atoms with Crippen LogP contribution in [0, 0.1) is 13.8 Å². The lowest BCUT2D eigenvalue weighted by Gasteiger charge is -1.92. The van der Waals surface area contributed by atoms with Gasteiger partial charge in [-0.25, -0.2) is 8.78 Å². The molecular formula is C6H8F2N2. The average molecular weight is 146 g/mol. The molecule has 1 aromatic heterocycles. The Bertz CT molecular complexity index is 230. The summed E-state index contributed by atoms with van der Waals surface area (Å²) in [5, 5.41) is 5.93. The molecule has 0 aliphatic heterocycles. The molecule has 0 atom stereocenters. The lowest BCUT2D eigenvalue weighted by atomic mass is 10.2. The van der Waals surface area contributed by atoms with E-state index in [0.29, 0.717) is 11.3 Å². The summed E-state index contributed by atoms with van der Waals surface area (Å²) in [6.45, 7) is 3.34. The van der Waals surface area contributed by atoms with Crippen LogP contribution in [0.2, 0.25) is 0 Å². The first-order chi connectivity index (χ1) is 4.63. The lowest BCUT2D eigenvalue weighted by Crippen LogP contribution is -1.86. The monoisotopic (exact) mass is 146 g/mol. The van der Waals surface area contributed by atoms with Gasteiger partial charge in [-0.05, 0) is 19.4 Å². The van der Waals surface area contributed by atoms with Gasteiger partial charge in [0.15, 0.2) is 0 Å². The third-order valence-electron chi connectivity index (χ3n) is 1.50. The van der Waals surface area contributed by atoms with Crippen LogP contribution in [0.4, 0.5) is 8.78 Å². The number of aromatic nitrogens is 2. The van der Waals surface area contributed by atoms with Crippen molar-refractivity contribution in [2.75, 3.05) is 0 Å². The van der Waals surface area contributed by atoms with Gasteiger partial charge in [0.2, 0.25) is 0 Å². The first kappa shape index (κ1) is 7.18. The Balaban J connectivity index is 3.05. The zero-order valence-electron chi connectivity index (χ0n) is 5.78. The fourth-order valence-electron chi connectivity index (χ4n) is 0.716. The predicted octanol–water partition coefficient (Wildman–Crippen LogP) is 1.96.